The van der Waals surface area contributed by atoms with Crippen molar-refractivity contribution in [2.24, 2.45) is 0 Å². The molecule has 0 spiro atoms. The molecule has 1 saturated heterocycles. The summed E-state index contributed by atoms with van der Waals surface area (Å²) in [5.74, 6) is -0.130. The lowest BCUT2D eigenvalue weighted by Gasteiger charge is -2.31. The number of nitrogens with one attached hydrogen (secondary N) is 1. The fraction of sp³-hybridized carbons (Fsp3) is 0.455. The van der Waals surface area contributed by atoms with Crippen LogP contribution in [-0.4, -0.2) is 24.7 Å². The van der Waals surface area contributed by atoms with E-state index < -0.39 is 5.54 Å². The van der Waals surface area contributed by atoms with Gasteiger partial charge in [-0.15, -0.1) is 0 Å². The molecule has 84 valence electrons. The van der Waals surface area contributed by atoms with Gasteiger partial charge < -0.3 is 14.5 Å². The van der Waals surface area contributed by atoms with Crippen molar-refractivity contribution in [2.75, 3.05) is 13.2 Å². The second-order valence-corrected chi connectivity index (χ2v) is 3.74. The zero-order valence-corrected chi connectivity index (χ0v) is 8.73. The average Bonchev–Trinajstić information content (AvgIpc) is 2.84. The standard InChI is InChI=1S/C11H12N2O3/c12-8-11(3-6-15-7-4-11)13-10(14)9-2-1-5-16-9/h1-2,5H,3-4,6-7H2,(H,13,14). The van der Waals surface area contributed by atoms with Gasteiger partial charge >= 0.3 is 0 Å². The molecule has 1 fully saturated rings. The van der Waals surface area contributed by atoms with Crippen molar-refractivity contribution in [3.63, 3.8) is 0 Å². The van der Waals surface area contributed by atoms with Crippen molar-refractivity contribution in [3.8, 4) is 6.07 Å². The number of nitrogens with zero attached hydrogens (tertiary/aromatic N) is 1. The minimum absolute atomic E-state index is 0.223. The Balaban J connectivity index is 2.07. The Labute approximate surface area is 93.0 Å². The van der Waals surface area contributed by atoms with Crippen LogP contribution in [-0.2, 0) is 4.74 Å². The minimum atomic E-state index is -0.817. The number of amides is 1. The van der Waals surface area contributed by atoms with Crippen LogP contribution in [0.4, 0.5) is 0 Å². The molecule has 0 unspecified atom stereocenters. The minimum Gasteiger partial charge on any atom is -0.459 e. The number of rotatable bonds is 2. The van der Waals surface area contributed by atoms with Gasteiger partial charge in [0.2, 0.25) is 0 Å². The Morgan fingerprint density at radius 3 is 2.81 bits per heavy atom. The summed E-state index contributed by atoms with van der Waals surface area (Å²) in [6, 6.07) is 5.36. The molecule has 0 aromatic carbocycles. The molecule has 1 amide bonds. The molecule has 0 saturated carbocycles. The van der Waals surface area contributed by atoms with E-state index in [1.165, 1.54) is 6.26 Å². The van der Waals surface area contributed by atoms with E-state index in [1.54, 1.807) is 12.1 Å². The Kier molecular flexibility index (Phi) is 2.93. The van der Waals surface area contributed by atoms with E-state index in [-0.39, 0.29) is 11.7 Å². The van der Waals surface area contributed by atoms with E-state index in [1.807, 2.05) is 0 Å². The van der Waals surface area contributed by atoms with Crippen LogP contribution in [0.15, 0.2) is 22.8 Å². The lowest BCUT2D eigenvalue weighted by Crippen LogP contribution is -2.50. The third kappa shape index (κ3) is 2.07. The molecule has 1 aliphatic heterocycles. The van der Waals surface area contributed by atoms with Gasteiger partial charge in [0.05, 0.1) is 12.3 Å². The highest BCUT2D eigenvalue weighted by Crippen LogP contribution is 2.20. The lowest BCUT2D eigenvalue weighted by molar-refractivity contribution is 0.0522. The molecule has 1 N–H and O–H groups in total. The molecule has 5 heteroatoms. The normalized spacial score (nSPS) is 18.7. The van der Waals surface area contributed by atoms with Gasteiger partial charge in [-0.1, -0.05) is 0 Å². The van der Waals surface area contributed by atoms with Crippen molar-refractivity contribution in [1.29, 1.82) is 5.26 Å². The molecule has 1 aromatic heterocycles. The van der Waals surface area contributed by atoms with Crippen LogP contribution in [0.25, 0.3) is 0 Å². The van der Waals surface area contributed by atoms with Gasteiger partial charge in [-0.3, -0.25) is 4.79 Å². The summed E-state index contributed by atoms with van der Waals surface area (Å²) in [6.07, 6.45) is 2.45. The molecule has 0 aliphatic carbocycles. The van der Waals surface area contributed by atoms with Crippen molar-refractivity contribution in [1.82, 2.24) is 5.32 Å². The molecule has 0 radical (unpaired) electrons. The van der Waals surface area contributed by atoms with E-state index in [9.17, 15) is 4.79 Å². The molecule has 2 heterocycles. The first kappa shape index (κ1) is 10.7. The van der Waals surface area contributed by atoms with Gasteiger partial charge in [0, 0.05) is 26.1 Å². The summed E-state index contributed by atoms with van der Waals surface area (Å²) in [6.45, 7) is 0.984. The number of ether oxygens (including phenoxy) is 1. The van der Waals surface area contributed by atoms with Crippen molar-refractivity contribution < 1.29 is 13.9 Å². The highest BCUT2D eigenvalue weighted by Gasteiger charge is 2.34. The van der Waals surface area contributed by atoms with Crippen LogP contribution in [0.5, 0.6) is 0 Å². The maximum Gasteiger partial charge on any atom is 0.288 e. The van der Waals surface area contributed by atoms with E-state index in [4.69, 9.17) is 14.4 Å². The average molecular weight is 220 g/mol. The van der Waals surface area contributed by atoms with E-state index in [0.717, 1.165) is 0 Å². The Morgan fingerprint density at radius 1 is 1.50 bits per heavy atom. The van der Waals surface area contributed by atoms with Crippen LogP contribution in [0.3, 0.4) is 0 Å². The highest BCUT2D eigenvalue weighted by molar-refractivity contribution is 5.92. The molecule has 16 heavy (non-hydrogen) atoms. The summed E-state index contributed by atoms with van der Waals surface area (Å²) in [7, 11) is 0. The number of furan rings is 1. The zero-order valence-electron chi connectivity index (χ0n) is 8.73. The summed E-state index contributed by atoms with van der Waals surface area (Å²) in [4.78, 5) is 11.7. The maximum atomic E-state index is 11.7. The van der Waals surface area contributed by atoms with Gasteiger partial charge in [-0.05, 0) is 12.1 Å². The third-order valence-electron chi connectivity index (χ3n) is 2.66. The molecule has 1 aliphatic rings. The topological polar surface area (TPSA) is 75.3 Å². The molecule has 0 atom stereocenters. The Bertz CT molecular complexity index is 399. The van der Waals surface area contributed by atoms with Crippen LogP contribution < -0.4 is 5.32 Å². The van der Waals surface area contributed by atoms with Crippen molar-refractivity contribution in [3.05, 3.63) is 24.2 Å². The van der Waals surface area contributed by atoms with Crippen LogP contribution in [0, 0.1) is 11.3 Å². The van der Waals surface area contributed by atoms with E-state index in [0.29, 0.717) is 26.1 Å². The van der Waals surface area contributed by atoms with Gasteiger partial charge in [0.25, 0.3) is 5.91 Å². The first-order chi connectivity index (χ1) is 7.76. The predicted octanol–water partition coefficient (Wildman–Crippen LogP) is 1.08. The highest BCUT2D eigenvalue weighted by atomic mass is 16.5. The summed E-state index contributed by atoms with van der Waals surface area (Å²) in [5.41, 5.74) is -0.817. The quantitative estimate of drug-likeness (QED) is 0.809. The number of nitriles is 1. The Morgan fingerprint density at radius 2 is 2.25 bits per heavy atom. The molecule has 1 aromatic rings. The number of hydrogen-bond donors (Lipinski definition) is 1. The first-order valence-corrected chi connectivity index (χ1v) is 5.11. The molecule has 5 nitrogen and oxygen atoms in total. The SMILES string of the molecule is N#CC1(NC(=O)c2ccco2)CCOCC1. The fourth-order valence-electron chi connectivity index (χ4n) is 1.67. The largest absolute Gasteiger partial charge is 0.459 e. The number of carbonyl (C=O) groups is 1. The number of carbonyl (C=O) groups excluding carboxylic acids is 1. The second kappa shape index (κ2) is 4.37. The van der Waals surface area contributed by atoms with Gasteiger partial charge in [-0.2, -0.15) is 5.26 Å². The fourth-order valence-corrected chi connectivity index (χ4v) is 1.67. The van der Waals surface area contributed by atoms with E-state index >= 15 is 0 Å². The number of hydrogen-bond acceptors (Lipinski definition) is 4. The third-order valence-corrected chi connectivity index (χ3v) is 2.66. The molecular weight excluding hydrogens is 208 g/mol. The zero-order chi connectivity index (χ0) is 11.4. The summed E-state index contributed by atoms with van der Waals surface area (Å²) in [5, 5.41) is 11.8. The molecular formula is C11H12N2O3. The van der Waals surface area contributed by atoms with Crippen molar-refractivity contribution in [2.45, 2.75) is 18.4 Å². The van der Waals surface area contributed by atoms with Gasteiger partial charge in [0.1, 0.15) is 5.54 Å². The second-order valence-electron chi connectivity index (χ2n) is 3.74. The lowest BCUT2D eigenvalue weighted by atomic mass is 9.91. The smallest absolute Gasteiger partial charge is 0.288 e. The molecule has 0 bridgehead atoms. The van der Waals surface area contributed by atoms with Gasteiger partial charge in [0.15, 0.2) is 5.76 Å². The Hall–Kier alpha value is -1.80. The van der Waals surface area contributed by atoms with Crippen LogP contribution in [0.2, 0.25) is 0 Å². The molecule has 2 rings (SSSR count). The first-order valence-electron chi connectivity index (χ1n) is 5.11. The van der Waals surface area contributed by atoms with E-state index in [2.05, 4.69) is 11.4 Å². The summed E-state index contributed by atoms with van der Waals surface area (Å²) < 4.78 is 10.1. The van der Waals surface area contributed by atoms with Crippen molar-refractivity contribution >= 4 is 5.91 Å². The van der Waals surface area contributed by atoms with Crippen LogP contribution in [0.1, 0.15) is 23.4 Å². The summed E-state index contributed by atoms with van der Waals surface area (Å²) >= 11 is 0. The monoisotopic (exact) mass is 220 g/mol. The predicted molar refractivity (Wildman–Crippen MR) is 54.6 cm³/mol. The maximum absolute atomic E-state index is 11.7. The van der Waals surface area contributed by atoms with Crippen LogP contribution >= 0.6 is 0 Å². The van der Waals surface area contributed by atoms with Gasteiger partial charge in [-0.25, -0.2) is 0 Å².